The number of nitro benzene ring substituents is 1. The highest BCUT2D eigenvalue weighted by atomic mass is 32.2. The van der Waals surface area contributed by atoms with Gasteiger partial charge in [-0.1, -0.05) is 29.8 Å². The highest BCUT2D eigenvalue weighted by molar-refractivity contribution is 7.92. The summed E-state index contributed by atoms with van der Waals surface area (Å²) in [6.07, 6.45) is 0.532. The molecule has 0 aliphatic rings. The third kappa shape index (κ3) is 5.00. The van der Waals surface area contributed by atoms with E-state index in [1.807, 2.05) is 19.9 Å². The van der Waals surface area contributed by atoms with Crippen LogP contribution < -0.4 is 10.0 Å². The van der Waals surface area contributed by atoms with Gasteiger partial charge in [0.1, 0.15) is 5.69 Å². The minimum absolute atomic E-state index is 0.157. The molecule has 1 atom stereocenters. The van der Waals surface area contributed by atoms with Crippen molar-refractivity contribution in [3.8, 4) is 0 Å². The van der Waals surface area contributed by atoms with Gasteiger partial charge in [0.25, 0.3) is 15.7 Å². The van der Waals surface area contributed by atoms with Gasteiger partial charge in [0, 0.05) is 13.0 Å². The lowest BCUT2D eigenvalue weighted by molar-refractivity contribution is -0.384. The van der Waals surface area contributed by atoms with Crippen molar-refractivity contribution < 1.29 is 17.9 Å². The number of anilines is 2. The highest BCUT2D eigenvalue weighted by Crippen LogP contribution is 2.32. The maximum absolute atomic E-state index is 12.8. The maximum atomic E-state index is 12.8. The van der Waals surface area contributed by atoms with Crippen LogP contribution in [0, 0.1) is 30.9 Å². The molecule has 0 bridgehead atoms. The third-order valence-corrected chi connectivity index (χ3v) is 6.06. The van der Waals surface area contributed by atoms with Crippen molar-refractivity contribution in [1.82, 2.24) is 10.1 Å². The smallest absolute Gasteiger partial charge is 0.293 e. The molecule has 0 amide bonds. The summed E-state index contributed by atoms with van der Waals surface area (Å²) in [5.74, 6) is 0.742. The molecule has 2 N–H and O–H groups in total. The number of hydrogen-bond acceptors (Lipinski definition) is 8. The van der Waals surface area contributed by atoms with Crippen molar-refractivity contribution in [1.29, 1.82) is 0 Å². The summed E-state index contributed by atoms with van der Waals surface area (Å²) >= 11 is 0. The molecule has 1 aromatic heterocycles. The summed E-state index contributed by atoms with van der Waals surface area (Å²) in [5.41, 5.74) is 1.94. The first-order chi connectivity index (χ1) is 14.6. The quantitative estimate of drug-likeness (QED) is 0.387. The lowest BCUT2D eigenvalue weighted by Crippen LogP contribution is -2.16. The molecule has 164 valence electrons. The maximum Gasteiger partial charge on any atom is 0.293 e. The van der Waals surface area contributed by atoms with Crippen LogP contribution in [0.2, 0.25) is 0 Å². The first kappa shape index (κ1) is 22.2. The predicted molar refractivity (Wildman–Crippen MR) is 116 cm³/mol. The fraction of sp³-hybridized carbons (Fsp3) is 0.300. The summed E-state index contributed by atoms with van der Waals surface area (Å²) in [6, 6.07) is 8.56. The topological polar surface area (TPSA) is 140 Å². The fourth-order valence-electron chi connectivity index (χ4n) is 3.08. The molecule has 2 aromatic carbocycles. The van der Waals surface area contributed by atoms with Gasteiger partial charge in [-0.3, -0.25) is 14.8 Å². The van der Waals surface area contributed by atoms with E-state index in [-0.39, 0.29) is 16.3 Å². The number of rotatable bonds is 8. The van der Waals surface area contributed by atoms with Gasteiger partial charge >= 0.3 is 0 Å². The van der Waals surface area contributed by atoms with Gasteiger partial charge in [-0.2, -0.15) is 4.98 Å². The van der Waals surface area contributed by atoms with E-state index in [1.165, 1.54) is 12.1 Å². The molecule has 10 nitrogen and oxygen atoms in total. The second kappa shape index (κ2) is 8.72. The summed E-state index contributed by atoms with van der Waals surface area (Å²) in [4.78, 5) is 15.0. The van der Waals surface area contributed by atoms with E-state index in [4.69, 9.17) is 4.52 Å². The van der Waals surface area contributed by atoms with E-state index in [0.29, 0.717) is 23.8 Å². The molecule has 0 aliphatic heterocycles. The number of aryl methyl sites for hydroxylation is 3. The lowest BCUT2D eigenvalue weighted by Gasteiger charge is -2.16. The Morgan fingerprint density at radius 3 is 2.42 bits per heavy atom. The Morgan fingerprint density at radius 2 is 1.84 bits per heavy atom. The molecular formula is C20H23N5O5S. The first-order valence-electron chi connectivity index (χ1n) is 9.56. The second-order valence-corrected chi connectivity index (χ2v) is 8.82. The fourth-order valence-corrected chi connectivity index (χ4v) is 4.23. The number of benzene rings is 2. The summed E-state index contributed by atoms with van der Waals surface area (Å²) < 4.78 is 33.2. The van der Waals surface area contributed by atoms with Crippen molar-refractivity contribution in [2.75, 3.05) is 10.0 Å². The normalized spacial score (nSPS) is 12.4. The number of nitrogens with one attached hydrogen (secondary N) is 2. The second-order valence-electron chi connectivity index (χ2n) is 7.14. The van der Waals surface area contributed by atoms with Crippen LogP contribution in [0.1, 0.15) is 42.2 Å². The van der Waals surface area contributed by atoms with E-state index in [9.17, 15) is 18.5 Å². The predicted octanol–water partition coefficient (Wildman–Crippen LogP) is 4.27. The van der Waals surface area contributed by atoms with E-state index in [1.54, 1.807) is 26.0 Å². The monoisotopic (exact) mass is 445 g/mol. The number of hydrogen-bond donors (Lipinski definition) is 2. The molecule has 1 heterocycles. The van der Waals surface area contributed by atoms with Crippen LogP contribution in [0.25, 0.3) is 0 Å². The minimum atomic E-state index is -4.03. The Balaban J connectivity index is 1.93. The lowest BCUT2D eigenvalue weighted by atomic mass is 10.1. The van der Waals surface area contributed by atoms with Gasteiger partial charge in [0.15, 0.2) is 5.82 Å². The molecule has 11 heteroatoms. The molecule has 0 aliphatic carbocycles. The van der Waals surface area contributed by atoms with Crippen LogP contribution in [0.5, 0.6) is 0 Å². The molecule has 0 radical (unpaired) electrons. The number of sulfonamides is 1. The third-order valence-electron chi connectivity index (χ3n) is 4.70. The molecule has 0 saturated carbocycles. The van der Waals surface area contributed by atoms with Crippen LogP contribution in [0.15, 0.2) is 45.8 Å². The van der Waals surface area contributed by atoms with Crippen molar-refractivity contribution in [3.05, 3.63) is 69.4 Å². The van der Waals surface area contributed by atoms with Crippen LogP contribution in [-0.2, 0) is 10.0 Å². The molecular weight excluding hydrogens is 422 g/mol. The van der Waals surface area contributed by atoms with Crippen molar-refractivity contribution in [2.24, 2.45) is 0 Å². The summed E-state index contributed by atoms with van der Waals surface area (Å²) in [5, 5.41) is 18.5. The average molecular weight is 446 g/mol. The Labute approximate surface area is 179 Å². The zero-order valence-corrected chi connectivity index (χ0v) is 18.4. The van der Waals surface area contributed by atoms with E-state index in [2.05, 4.69) is 20.2 Å². The van der Waals surface area contributed by atoms with Crippen molar-refractivity contribution in [2.45, 2.75) is 45.1 Å². The van der Waals surface area contributed by atoms with E-state index in [0.717, 1.165) is 17.2 Å². The Morgan fingerprint density at radius 1 is 1.13 bits per heavy atom. The largest absolute Gasteiger partial charge is 0.369 e. The zero-order chi connectivity index (χ0) is 22.8. The Hall–Kier alpha value is -3.47. The van der Waals surface area contributed by atoms with Crippen LogP contribution >= 0.6 is 0 Å². The molecule has 31 heavy (non-hydrogen) atoms. The molecule has 0 saturated heterocycles. The Kier molecular flexibility index (Phi) is 6.25. The van der Waals surface area contributed by atoms with Crippen LogP contribution in [0.3, 0.4) is 0 Å². The zero-order valence-electron chi connectivity index (χ0n) is 17.5. The van der Waals surface area contributed by atoms with Gasteiger partial charge in [-0.25, -0.2) is 8.42 Å². The molecule has 1 unspecified atom stereocenters. The number of aromatic nitrogens is 2. The summed E-state index contributed by atoms with van der Waals surface area (Å²) in [7, 11) is -4.03. The highest BCUT2D eigenvalue weighted by Gasteiger charge is 2.25. The van der Waals surface area contributed by atoms with Gasteiger partial charge < -0.3 is 9.84 Å². The van der Waals surface area contributed by atoms with Gasteiger partial charge in [-0.05, 0) is 44.0 Å². The molecule has 0 spiro atoms. The molecule has 3 rings (SSSR count). The first-order valence-corrected chi connectivity index (χ1v) is 11.0. The average Bonchev–Trinajstić information content (AvgIpc) is 3.14. The van der Waals surface area contributed by atoms with Crippen LogP contribution in [-0.4, -0.2) is 23.5 Å². The van der Waals surface area contributed by atoms with E-state index < -0.39 is 21.0 Å². The van der Waals surface area contributed by atoms with Gasteiger partial charge in [-0.15, -0.1) is 0 Å². The van der Waals surface area contributed by atoms with E-state index >= 15 is 0 Å². The van der Waals surface area contributed by atoms with Crippen LogP contribution in [0.4, 0.5) is 17.1 Å². The molecule has 3 aromatic rings. The Bertz CT molecular complexity index is 1220. The van der Waals surface area contributed by atoms with Crippen molar-refractivity contribution in [3.63, 3.8) is 0 Å². The summed E-state index contributed by atoms with van der Waals surface area (Å²) in [6.45, 7) is 7.20. The minimum Gasteiger partial charge on any atom is -0.369 e. The SMILES string of the molecule is CCC(Nc1ccc(S(=O)(=O)Nc2ccc(C)cc2C)cc1[N+](=O)[O-])c1noc(C)n1. The van der Waals surface area contributed by atoms with Gasteiger partial charge in [0.2, 0.25) is 5.89 Å². The van der Waals surface area contributed by atoms with Crippen molar-refractivity contribution >= 4 is 27.1 Å². The number of nitrogens with zero attached hydrogens (tertiary/aromatic N) is 3. The van der Waals surface area contributed by atoms with Gasteiger partial charge in [0.05, 0.1) is 21.5 Å². The number of nitro groups is 1. The standard InChI is InChI=1S/C20H23N5O5S/c1-5-16(20-21-14(4)30-23-20)22-18-9-7-15(11-19(18)25(26)27)31(28,29)24-17-8-6-12(2)10-13(17)3/h6-11,16,22,24H,5H2,1-4H3. The molecule has 0 fully saturated rings.